The van der Waals surface area contributed by atoms with Crippen LogP contribution in [0.4, 0.5) is 0 Å². The number of benzene rings is 1. The molecule has 0 aliphatic heterocycles. The molecule has 0 saturated heterocycles. The van der Waals surface area contributed by atoms with Gasteiger partial charge in [-0.2, -0.15) is 0 Å². The Balaban J connectivity index is 3.41. The zero-order chi connectivity index (χ0) is 13.2. The van der Waals surface area contributed by atoms with Gasteiger partial charge in [0, 0.05) is 5.56 Å². The predicted molar refractivity (Wildman–Crippen MR) is 56.4 cm³/mol. The summed E-state index contributed by atoms with van der Waals surface area (Å²) in [7, 11) is 0. The lowest BCUT2D eigenvalue weighted by atomic mass is 9.85. The maximum absolute atomic E-state index is 11.0. The van der Waals surface area contributed by atoms with Crippen molar-refractivity contribution < 1.29 is 30.0 Å². The first-order valence-corrected chi connectivity index (χ1v) is 4.74. The van der Waals surface area contributed by atoms with Crippen LogP contribution in [0.5, 0.6) is 0 Å². The smallest absolute Gasteiger partial charge is 0.343 e. The van der Waals surface area contributed by atoms with E-state index in [4.69, 9.17) is 10.2 Å². The van der Waals surface area contributed by atoms with Gasteiger partial charge in [0.15, 0.2) is 6.10 Å². The summed E-state index contributed by atoms with van der Waals surface area (Å²) < 4.78 is 0. The maximum atomic E-state index is 11.0. The first-order valence-electron chi connectivity index (χ1n) is 4.74. The lowest BCUT2D eigenvalue weighted by molar-refractivity contribution is -0.185. The molecule has 0 amide bonds. The number of aliphatic carboxylic acids is 2. The average molecular weight is 240 g/mol. The van der Waals surface area contributed by atoms with Crippen LogP contribution in [0.3, 0.4) is 0 Å². The molecule has 0 aromatic heterocycles. The third-order valence-electron chi connectivity index (χ3n) is 2.51. The Hall–Kier alpha value is -1.92. The molecule has 0 aliphatic rings. The summed E-state index contributed by atoms with van der Waals surface area (Å²) in [6, 6.07) is 5.83. The Morgan fingerprint density at radius 1 is 1.24 bits per heavy atom. The van der Waals surface area contributed by atoms with Crippen LogP contribution in [0.15, 0.2) is 24.3 Å². The van der Waals surface area contributed by atoms with Gasteiger partial charge in [0.05, 0.1) is 0 Å². The van der Waals surface area contributed by atoms with Crippen LogP contribution in [-0.2, 0) is 15.2 Å². The molecule has 6 nitrogen and oxygen atoms in total. The van der Waals surface area contributed by atoms with E-state index in [1.54, 1.807) is 6.07 Å². The van der Waals surface area contributed by atoms with Crippen molar-refractivity contribution in [3.63, 3.8) is 0 Å². The first kappa shape index (κ1) is 13.1. The third kappa shape index (κ3) is 2.13. The molecule has 0 spiro atoms. The zero-order valence-corrected chi connectivity index (χ0v) is 8.99. The first-order chi connectivity index (χ1) is 7.81. The van der Waals surface area contributed by atoms with E-state index in [0.717, 1.165) is 0 Å². The molecular formula is C11H12O6. The lowest BCUT2D eigenvalue weighted by Crippen LogP contribution is -2.51. The highest BCUT2D eigenvalue weighted by atomic mass is 16.4. The van der Waals surface area contributed by atoms with Crippen LogP contribution >= 0.6 is 0 Å². The summed E-state index contributed by atoms with van der Waals surface area (Å²) in [4.78, 5) is 21.7. The minimum atomic E-state index is -2.86. The number of hydrogen-bond donors (Lipinski definition) is 4. The highest BCUT2D eigenvalue weighted by molar-refractivity contribution is 5.88. The minimum Gasteiger partial charge on any atom is -0.479 e. The van der Waals surface area contributed by atoms with Gasteiger partial charge in [0.25, 0.3) is 0 Å². The van der Waals surface area contributed by atoms with E-state index in [9.17, 15) is 19.8 Å². The normalized spacial score (nSPS) is 15.9. The van der Waals surface area contributed by atoms with Gasteiger partial charge in [-0.15, -0.1) is 0 Å². The number of rotatable bonds is 4. The van der Waals surface area contributed by atoms with Crippen molar-refractivity contribution in [3.05, 3.63) is 35.4 Å². The molecule has 1 aromatic carbocycles. The second kappa shape index (κ2) is 4.52. The topological polar surface area (TPSA) is 115 Å². The Morgan fingerprint density at radius 2 is 1.76 bits per heavy atom. The summed E-state index contributed by atoms with van der Waals surface area (Å²) in [5, 5.41) is 36.9. The van der Waals surface area contributed by atoms with Gasteiger partial charge in [-0.05, 0) is 12.5 Å². The van der Waals surface area contributed by atoms with Gasteiger partial charge in [-0.3, -0.25) is 0 Å². The monoisotopic (exact) mass is 240 g/mol. The van der Waals surface area contributed by atoms with E-state index in [0.29, 0.717) is 5.56 Å². The van der Waals surface area contributed by atoms with E-state index < -0.39 is 23.6 Å². The molecule has 1 aromatic rings. The van der Waals surface area contributed by atoms with Crippen molar-refractivity contribution in [2.45, 2.75) is 18.6 Å². The standard InChI is InChI=1S/C11H12O6/c1-6-4-2-3-5-7(6)11(17,10(15)16)8(12)9(13)14/h2-5,8,12,17H,1H3,(H,13,14)(H,15,16)/t8-,11+/m0/s1. The predicted octanol–water partition coefficient (Wildman–Crippen LogP) is -0.287. The molecule has 0 saturated carbocycles. The van der Waals surface area contributed by atoms with Crippen LogP contribution in [-0.4, -0.2) is 38.5 Å². The fourth-order valence-electron chi connectivity index (χ4n) is 1.56. The highest BCUT2D eigenvalue weighted by Crippen LogP contribution is 2.28. The molecule has 0 heterocycles. The summed E-state index contributed by atoms with van der Waals surface area (Å²) in [5.74, 6) is -3.63. The lowest BCUT2D eigenvalue weighted by Gasteiger charge is -2.27. The van der Waals surface area contributed by atoms with Crippen molar-refractivity contribution in [2.75, 3.05) is 0 Å². The summed E-state index contributed by atoms with van der Waals surface area (Å²) in [6.07, 6.45) is -2.44. The van der Waals surface area contributed by atoms with Crippen LogP contribution < -0.4 is 0 Å². The van der Waals surface area contributed by atoms with E-state index >= 15 is 0 Å². The number of hydrogen-bond acceptors (Lipinski definition) is 4. The number of carboxylic acids is 2. The molecule has 2 atom stereocenters. The van der Waals surface area contributed by atoms with Gasteiger partial charge < -0.3 is 20.4 Å². The number of carbonyl (C=O) groups is 2. The summed E-state index contributed by atoms with van der Waals surface area (Å²) >= 11 is 0. The SMILES string of the molecule is Cc1ccccc1[C@](O)(C(=O)O)[C@@H](O)C(=O)O. The quantitative estimate of drug-likeness (QED) is 0.575. The molecule has 0 bridgehead atoms. The second-order valence-electron chi connectivity index (χ2n) is 3.63. The van der Waals surface area contributed by atoms with Crippen molar-refractivity contribution in [1.29, 1.82) is 0 Å². The van der Waals surface area contributed by atoms with Crippen molar-refractivity contribution >= 4 is 11.9 Å². The van der Waals surface area contributed by atoms with Crippen LogP contribution in [0, 0.1) is 6.92 Å². The molecule has 92 valence electrons. The molecule has 0 fully saturated rings. The second-order valence-corrected chi connectivity index (χ2v) is 3.63. The molecule has 1 rings (SSSR count). The number of aliphatic hydroxyl groups excluding tert-OH is 1. The Bertz CT molecular complexity index is 455. The van der Waals surface area contributed by atoms with Crippen molar-refractivity contribution in [2.24, 2.45) is 0 Å². The molecular weight excluding hydrogens is 228 g/mol. The fourth-order valence-corrected chi connectivity index (χ4v) is 1.56. The van der Waals surface area contributed by atoms with E-state index in [2.05, 4.69) is 0 Å². The maximum Gasteiger partial charge on any atom is 0.343 e. The van der Waals surface area contributed by atoms with Gasteiger partial charge in [-0.25, -0.2) is 9.59 Å². The van der Waals surface area contributed by atoms with E-state index in [1.165, 1.54) is 25.1 Å². The van der Waals surface area contributed by atoms with E-state index in [1.807, 2.05) is 0 Å². The number of aryl methyl sites for hydroxylation is 1. The molecule has 0 aliphatic carbocycles. The van der Waals surface area contributed by atoms with E-state index in [-0.39, 0.29) is 5.56 Å². The fraction of sp³-hybridized carbons (Fsp3) is 0.273. The van der Waals surface area contributed by atoms with Crippen LogP contribution in [0.25, 0.3) is 0 Å². The van der Waals surface area contributed by atoms with Crippen molar-refractivity contribution in [3.8, 4) is 0 Å². The number of carboxylic acid groups (broad SMARTS) is 2. The van der Waals surface area contributed by atoms with Gasteiger partial charge >= 0.3 is 11.9 Å². The average Bonchev–Trinajstić information content (AvgIpc) is 2.27. The van der Waals surface area contributed by atoms with Crippen molar-refractivity contribution in [1.82, 2.24) is 0 Å². The Labute approximate surface area is 96.8 Å². The molecule has 4 N–H and O–H groups in total. The molecule has 6 heteroatoms. The highest BCUT2D eigenvalue weighted by Gasteiger charge is 2.50. The molecule has 0 radical (unpaired) electrons. The van der Waals surface area contributed by atoms with Gasteiger partial charge in [-0.1, -0.05) is 24.3 Å². The largest absolute Gasteiger partial charge is 0.479 e. The van der Waals surface area contributed by atoms with Gasteiger partial charge in [0.1, 0.15) is 0 Å². The van der Waals surface area contributed by atoms with Crippen LogP contribution in [0.1, 0.15) is 11.1 Å². The van der Waals surface area contributed by atoms with Gasteiger partial charge in [0.2, 0.25) is 5.60 Å². The molecule has 17 heavy (non-hydrogen) atoms. The Kier molecular flexibility index (Phi) is 3.50. The van der Waals surface area contributed by atoms with Crippen LogP contribution in [0.2, 0.25) is 0 Å². The zero-order valence-electron chi connectivity index (χ0n) is 8.99. The summed E-state index contributed by atoms with van der Waals surface area (Å²) in [5.41, 5.74) is -2.64. The third-order valence-corrected chi connectivity index (χ3v) is 2.51. The minimum absolute atomic E-state index is 0.151. The molecule has 0 unspecified atom stereocenters. The summed E-state index contributed by atoms with van der Waals surface area (Å²) in [6.45, 7) is 1.51. The Morgan fingerprint density at radius 3 is 2.18 bits per heavy atom. The number of aliphatic hydroxyl groups is 2.